The van der Waals surface area contributed by atoms with Crippen LogP contribution in [0.15, 0.2) is 60.8 Å². The highest BCUT2D eigenvalue weighted by Crippen LogP contribution is 2.25. The van der Waals surface area contributed by atoms with Crippen molar-refractivity contribution in [2.75, 3.05) is 10.2 Å². The van der Waals surface area contributed by atoms with E-state index in [1.165, 1.54) is 26.2 Å². The minimum atomic E-state index is -1.24. The van der Waals surface area contributed by atoms with Gasteiger partial charge in [0.25, 0.3) is 5.95 Å². The van der Waals surface area contributed by atoms with Gasteiger partial charge in [-0.15, -0.1) is 5.10 Å². The Morgan fingerprint density at radius 3 is 2.43 bits per heavy atom. The smallest absolute Gasteiger partial charge is 0.411 e. The highest BCUT2D eigenvalue weighted by molar-refractivity contribution is 5.91. The first kappa shape index (κ1) is 23.4. The molecule has 2 amide bonds. The lowest BCUT2D eigenvalue weighted by molar-refractivity contribution is -0.116. The van der Waals surface area contributed by atoms with Gasteiger partial charge in [-0.3, -0.25) is 10.1 Å². The van der Waals surface area contributed by atoms with Gasteiger partial charge in [-0.1, -0.05) is 43.5 Å². The van der Waals surface area contributed by atoms with Crippen molar-refractivity contribution in [3.05, 3.63) is 72.1 Å². The number of hydrogen-bond acceptors (Lipinski definition) is 6. The predicted octanol–water partition coefficient (Wildman–Crippen LogP) is 4.48. The van der Waals surface area contributed by atoms with Crippen LogP contribution in [0.3, 0.4) is 0 Å². The van der Waals surface area contributed by atoms with Gasteiger partial charge in [0.1, 0.15) is 11.8 Å². The van der Waals surface area contributed by atoms with Crippen LogP contribution in [0.4, 0.5) is 16.4 Å². The fourth-order valence-corrected chi connectivity index (χ4v) is 3.24. The summed E-state index contributed by atoms with van der Waals surface area (Å²) in [5, 5.41) is 24.1. The quantitative estimate of drug-likeness (QED) is 0.440. The second-order valence-corrected chi connectivity index (χ2v) is 7.92. The van der Waals surface area contributed by atoms with Crippen LogP contribution in [0.5, 0.6) is 0 Å². The van der Waals surface area contributed by atoms with E-state index in [-0.39, 0.29) is 11.9 Å². The Bertz CT molecular complexity index is 1380. The number of pyridine rings is 2. The number of aromatic nitrogens is 4. The van der Waals surface area contributed by atoms with Crippen LogP contribution in [0, 0.1) is 11.3 Å². The van der Waals surface area contributed by atoms with E-state index in [1.54, 1.807) is 39.9 Å². The average Bonchev–Trinajstić information content (AvgIpc) is 3.68. The van der Waals surface area contributed by atoms with Crippen LogP contribution < -0.4 is 10.2 Å². The first-order chi connectivity index (χ1) is 16.9. The van der Waals surface area contributed by atoms with E-state index < -0.39 is 6.09 Å². The Hall–Kier alpha value is -4.78. The molecule has 1 saturated carbocycles. The van der Waals surface area contributed by atoms with Crippen molar-refractivity contribution in [3.8, 4) is 17.3 Å². The molecule has 0 unspecified atom stereocenters. The normalized spacial score (nSPS) is 11.7. The molecule has 10 nitrogen and oxygen atoms in total. The zero-order valence-corrected chi connectivity index (χ0v) is 19.0. The molecule has 0 bridgehead atoms. The van der Waals surface area contributed by atoms with Gasteiger partial charge >= 0.3 is 6.09 Å². The Kier molecular flexibility index (Phi) is 6.97. The molecular formula is C25H23N7O3. The molecule has 0 saturated heterocycles. The summed E-state index contributed by atoms with van der Waals surface area (Å²) < 4.78 is 1.55. The van der Waals surface area contributed by atoms with Crippen LogP contribution in [0.25, 0.3) is 16.9 Å². The van der Waals surface area contributed by atoms with Gasteiger partial charge in [-0.25, -0.2) is 14.3 Å². The Labute approximate surface area is 201 Å². The Morgan fingerprint density at radius 2 is 1.86 bits per heavy atom. The van der Waals surface area contributed by atoms with Crippen LogP contribution >= 0.6 is 0 Å². The van der Waals surface area contributed by atoms with Crippen LogP contribution in [0.1, 0.15) is 37.4 Å². The zero-order valence-electron chi connectivity index (χ0n) is 19.0. The molecule has 0 aliphatic heterocycles. The maximum atomic E-state index is 12.3. The number of anilines is 2. The number of carbonyl (C=O) groups is 2. The fourth-order valence-electron chi connectivity index (χ4n) is 3.24. The minimum absolute atomic E-state index is 0.0136. The van der Waals surface area contributed by atoms with Gasteiger partial charge < -0.3 is 10.0 Å². The lowest BCUT2D eigenvalue weighted by Gasteiger charge is -2.21. The number of nitriles is 1. The topological polar surface area (TPSA) is 137 Å². The van der Waals surface area contributed by atoms with Crippen LogP contribution in [-0.4, -0.2) is 36.7 Å². The van der Waals surface area contributed by atoms with Crippen LogP contribution in [-0.2, 0) is 11.3 Å². The molecule has 3 aromatic heterocycles. The maximum absolute atomic E-state index is 12.3. The molecule has 4 aromatic rings. The van der Waals surface area contributed by atoms with Crippen molar-refractivity contribution in [2.24, 2.45) is 0 Å². The van der Waals surface area contributed by atoms with Gasteiger partial charge in [0, 0.05) is 24.4 Å². The largest absolute Gasteiger partial charge is 0.465 e. The minimum Gasteiger partial charge on any atom is -0.465 e. The van der Waals surface area contributed by atoms with Crippen molar-refractivity contribution >= 4 is 29.3 Å². The number of fused-ring (bicyclic) bond motifs is 1. The summed E-state index contributed by atoms with van der Waals surface area (Å²) in [5.41, 5.74) is 3.84. The first-order valence-corrected chi connectivity index (χ1v) is 11.0. The number of nitrogens with zero attached hydrogens (tertiary/aromatic N) is 6. The van der Waals surface area contributed by atoms with Crippen LogP contribution in [0.2, 0.25) is 0 Å². The molecule has 35 heavy (non-hydrogen) atoms. The summed E-state index contributed by atoms with van der Waals surface area (Å²) in [6.07, 6.45) is 4.84. The highest BCUT2D eigenvalue weighted by Gasteiger charge is 2.14. The number of nitrogens with one attached hydrogen (secondary N) is 1. The summed E-state index contributed by atoms with van der Waals surface area (Å²) in [4.78, 5) is 32.9. The van der Waals surface area contributed by atoms with E-state index in [0.717, 1.165) is 11.1 Å². The van der Waals surface area contributed by atoms with Crippen molar-refractivity contribution in [2.45, 2.75) is 32.7 Å². The SMILES string of the molecule is C1CC1.CC(=O)N(Cc1ccc(C#N)nc1)c1ccc(-c2cccc3nc(NC(=O)O)nn23)cc1. The van der Waals surface area contributed by atoms with E-state index in [4.69, 9.17) is 10.4 Å². The molecule has 3 heterocycles. The van der Waals surface area contributed by atoms with Crippen molar-refractivity contribution in [1.29, 1.82) is 5.26 Å². The molecule has 1 aliphatic carbocycles. The van der Waals surface area contributed by atoms with Gasteiger partial charge in [0.05, 0.1) is 12.2 Å². The van der Waals surface area contributed by atoms with Crippen molar-refractivity contribution in [1.82, 2.24) is 19.6 Å². The molecule has 0 spiro atoms. The first-order valence-electron chi connectivity index (χ1n) is 11.0. The lowest BCUT2D eigenvalue weighted by atomic mass is 10.1. The molecule has 1 aromatic carbocycles. The molecule has 1 fully saturated rings. The van der Waals surface area contributed by atoms with Gasteiger partial charge in [0.2, 0.25) is 5.91 Å². The highest BCUT2D eigenvalue weighted by atomic mass is 16.4. The number of carboxylic acid groups (broad SMARTS) is 1. The number of amides is 2. The fraction of sp³-hybridized carbons (Fsp3) is 0.200. The molecule has 0 atom stereocenters. The number of hydrogen-bond donors (Lipinski definition) is 2. The number of benzene rings is 1. The summed E-state index contributed by atoms with van der Waals surface area (Å²) >= 11 is 0. The monoisotopic (exact) mass is 469 g/mol. The van der Waals surface area contributed by atoms with Crippen molar-refractivity contribution in [3.63, 3.8) is 0 Å². The molecule has 1 aliphatic rings. The molecule has 0 radical (unpaired) electrons. The Balaban J connectivity index is 0.000000894. The standard InChI is InChI=1S/C22H17N7O3.C3H6/c1-14(30)28(13-15-5-8-17(11-23)24-12-15)18-9-6-16(7-10-18)19-3-2-4-20-25-21(26-22(31)32)27-29(19)20;1-2-3-1/h2-10,12H,13H2,1H3,(H,26,27)(H,31,32);1-3H2. The summed E-state index contributed by atoms with van der Waals surface area (Å²) in [6.45, 7) is 1.80. The molecule has 176 valence electrons. The van der Waals surface area contributed by atoms with Crippen molar-refractivity contribution < 1.29 is 14.7 Å². The second kappa shape index (κ2) is 10.4. The Morgan fingerprint density at radius 1 is 1.11 bits per heavy atom. The third kappa shape index (κ3) is 5.97. The molecular weight excluding hydrogens is 446 g/mol. The zero-order chi connectivity index (χ0) is 24.8. The van der Waals surface area contributed by atoms with E-state index in [1.807, 2.05) is 36.4 Å². The lowest BCUT2D eigenvalue weighted by Crippen LogP contribution is -2.27. The van der Waals surface area contributed by atoms with E-state index in [9.17, 15) is 9.59 Å². The molecule has 10 heteroatoms. The number of rotatable bonds is 5. The third-order valence-corrected chi connectivity index (χ3v) is 5.07. The maximum Gasteiger partial charge on any atom is 0.411 e. The van der Waals surface area contributed by atoms with E-state index in [0.29, 0.717) is 29.3 Å². The van der Waals surface area contributed by atoms with Gasteiger partial charge in [0.15, 0.2) is 5.65 Å². The molecule has 2 N–H and O–H groups in total. The number of carbonyl (C=O) groups excluding carboxylic acids is 1. The van der Waals surface area contributed by atoms with Gasteiger partial charge in [-0.05, 0) is 35.9 Å². The predicted molar refractivity (Wildman–Crippen MR) is 130 cm³/mol. The summed E-state index contributed by atoms with van der Waals surface area (Å²) in [5.74, 6) is -0.148. The van der Waals surface area contributed by atoms with Gasteiger partial charge in [-0.2, -0.15) is 10.2 Å². The average molecular weight is 470 g/mol. The summed E-state index contributed by atoms with van der Waals surface area (Å²) in [6, 6.07) is 18.1. The van der Waals surface area contributed by atoms with E-state index in [2.05, 4.69) is 20.4 Å². The van der Waals surface area contributed by atoms with E-state index >= 15 is 0 Å². The summed E-state index contributed by atoms with van der Waals surface area (Å²) in [7, 11) is 0. The molecule has 5 rings (SSSR count). The third-order valence-electron chi connectivity index (χ3n) is 5.07. The second-order valence-electron chi connectivity index (χ2n) is 7.92.